The van der Waals surface area contributed by atoms with Crippen LogP contribution in [-0.4, -0.2) is 28.2 Å². The third kappa shape index (κ3) is 3.91. The standard InChI is InChI=1S/C20H20N2O4/c1-12-8-15-16(22-26-18(15)9-13(12)2)11-19(23)21-17(20(24)25)10-14-6-4-3-5-7-14/h3-9,17H,10-11H2,1-2H3,(H,21,23)(H,24,25). The number of carboxylic acids is 1. The maximum atomic E-state index is 12.4. The molecule has 0 saturated heterocycles. The SMILES string of the molecule is Cc1cc2onc(CC(=O)NC(Cc3ccccc3)C(=O)O)c2cc1C. The number of rotatable bonds is 6. The van der Waals surface area contributed by atoms with Gasteiger partial charge in [0.25, 0.3) is 0 Å². The number of carboxylic acid groups (broad SMARTS) is 1. The van der Waals surface area contributed by atoms with E-state index in [1.807, 2.05) is 56.3 Å². The third-order valence-electron chi connectivity index (χ3n) is 4.40. The van der Waals surface area contributed by atoms with Crippen LogP contribution in [0.5, 0.6) is 0 Å². The maximum Gasteiger partial charge on any atom is 0.326 e. The van der Waals surface area contributed by atoms with Crippen molar-refractivity contribution in [3.63, 3.8) is 0 Å². The average Bonchev–Trinajstić information content (AvgIpc) is 2.97. The van der Waals surface area contributed by atoms with Crippen LogP contribution >= 0.6 is 0 Å². The van der Waals surface area contributed by atoms with Crippen molar-refractivity contribution < 1.29 is 19.2 Å². The molecule has 6 heteroatoms. The molecule has 1 atom stereocenters. The second kappa shape index (κ2) is 7.39. The zero-order valence-corrected chi connectivity index (χ0v) is 14.7. The molecule has 1 amide bonds. The van der Waals surface area contributed by atoms with Gasteiger partial charge in [0.15, 0.2) is 5.58 Å². The van der Waals surface area contributed by atoms with Crippen molar-refractivity contribution in [3.8, 4) is 0 Å². The topological polar surface area (TPSA) is 92.4 Å². The van der Waals surface area contributed by atoms with Crippen molar-refractivity contribution in [1.29, 1.82) is 0 Å². The van der Waals surface area contributed by atoms with Crippen LogP contribution in [0, 0.1) is 13.8 Å². The van der Waals surface area contributed by atoms with Gasteiger partial charge in [0, 0.05) is 11.8 Å². The number of aliphatic carboxylic acids is 1. The van der Waals surface area contributed by atoms with Gasteiger partial charge in [-0.15, -0.1) is 0 Å². The number of nitrogens with one attached hydrogen (secondary N) is 1. The van der Waals surface area contributed by atoms with Crippen molar-refractivity contribution in [3.05, 3.63) is 64.8 Å². The second-order valence-electron chi connectivity index (χ2n) is 6.39. The molecule has 0 aliphatic carbocycles. The minimum Gasteiger partial charge on any atom is -0.480 e. The summed E-state index contributed by atoms with van der Waals surface area (Å²) < 4.78 is 5.29. The van der Waals surface area contributed by atoms with E-state index in [4.69, 9.17) is 4.52 Å². The number of benzene rings is 2. The number of carbonyl (C=O) groups is 2. The summed E-state index contributed by atoms with van der Waals surface area (Å²) >= 11 is 0. The fourth-order valence-corrected chi connectivity index (χ4v) is 2.82. The average molecular weight is 352 g/mol. The van der Waals surface area contributed by atoms with E-state index < -0.39 is 17.9 Å². The Labute approximate surface area is 150 Å². The molecule has 1 heterocycles. The molecule has 1 unspecified atom stereocenters. The van der Waals surface area contributed by atoms with E-state index in [9.17, 15) is 14.7 Å². The highest BCUT2D eigenvalue weighted by molar-refractivity contribution is 5.89. The van der Waals surface area contributed by atoms with E-state index in [-0.39, 0.29) is 12.8 Å². The number of fused-ring (bicyclic) bond motifs is 1. The molecule has 0 aliphatic heterocycles. The van der Waals surface area contributed by atoms with Crippen LogP contribution in [0.4, 0.5) is 0 Å². The molecule has 2 aromatic carbocycles. The van der Waals surface area contributed by atoms with Gasteiger partial charge in [0.05, 0.1) is 6.42 Å². The molecule has 2 N–H and O–H groups in total. The van der Waals surface area contributed by atoms with Gasteiger partial charge in [-0.3, -0.25) is 4.79 Å². The molecule has 6 nitrogen and oxygen atoms in total. The molecule has 3 aromatic rings. The molecule has 0 fully saturated rings. The number of nitrogens with zero attached hydrogens (tertiary/aromatic N) is 1. The lowest BCUT2D eigenvalue weighted by molar-refractivity contribution is -0.141. The Balaban J connectivity index is 1.73. The molecule has 0 radical (unpaired) electrons. The molecular weight excluding hydrogens is 332 g/mol. The fraction of sp³-hybridized carbons (Fsp3) is 0.250. The lowest BCUT2D eigenvalue weighted by Gasteiger charge is -2.14. The van der Waals surface area contributed by atoms with Crippen LogP contribution in [0.25, 0.3) is 11.0 Å². The Morgan fingerprint density at radius 3 is 2.54 bits per heavy atom. The summed E-state index contributed by atoms with van der Waals surface area (Å²) in [6, 6.07) is 12.0. The summed E-state index contributed by atoms with van der Waals surface area (Å²) in [6.07, 6.45) is 0.188. The summed E-state index contributed by atoms with van der Waals surface area (Å²) in [5.41, 5.74) is 4.13. The lowest BCUT2D eigenvalue weighted by atomic mass is 10.0. The normalized spacial score (nSPS) is 12.1. The fourth-order valence-electron chi connectivity index (χ4n) is 2.82. The van der Waals surface area contributed by atoms with E-state index in [0.29, 0.717) is 11.3 Å². The number of aromatic nitrogens is 1. The van der Waals surface area contributed by atoms with Gasteiger partial charge in [-0.05, 0) is 42.7 Å². The Kier molecular flexibility index (Phi) is 5.02. The van der Waals surface area contributed by atoms with Crippen LogP contribution < -0.4 is 5.32 Å². The predicted molar refractivity (Wildman–Crippen MR) is 96.9 cm³/mol. The summed E-state index contributed by atoms with van der Waals surface area (Å²) in [7, 11) is 0. The molecule has 134 valence electrons. The first-order chi connectivity index (χ1) is 12.4. The highest BCUT2D eigenvalue weighted by Crippen LogP contribution is 2.23. The predicted octanol–water partition coefficient (Wildman–Crippen LogP) is 2.80. The molecule has 0 saturated carbocycles. The van der Waals surface area contributed by atoms with Crippen LogP contribution in [0.15, 0.2) is 47.0 Å². The first kappa shape index (κ1) is 17.7. The van der Waals surface area contributed by atoms with Crippen LogP contribution in [0.3, 0.4) is 0 Å². The number of aryl methyl sites for hydroxylation is 2. The monoisotopic (exact) mass is 352 g/mol. The van der Waals surface area contributed by atoms with Gasteiger partial charge in [-0.2, -0.15) is 0 Å². The van der Waals surface area contributed by atoms with Gasteiger partial charge in [-0.25, -0.2) is 4.79 Å². The smallest absolute Gasteiger partial charge is 0.326 e. The van der Waals surface area contributed by atoms with Gasteiger partial charge in [-0.1, -0.05) is 35.5 Å². The van der Waals surface area contributed by atoms with Gasteiger partial charge in [0.2, 0.25) is 5.91 Å². The molecular formula is C20H20N2O4. The molecule has 3 rings (SSSR count). The molecule has 26 heavy (non-hydrogen) atoms. The molecule has 0 spiro atoms. The highest BCUT2D eigenvalue weighted by atomic mass is 16.5. The number of amides is 1. The number of hydrogen-bond acceptors (Lipinski definition) is 4. The minimum absolute atomic E-state index is 0.0337. The Hall–Kier alpha value is -3.15. The van der Waals surface area contributed by atoms with E-state index in [2.05, 4.69) is 10.5 Å². The Bertz CT molecular complexity index is 947. The van der Waals surface area contributed by atoms with E-state index >= 15 is 0 Å². The number of hydrogen-bond donors (Lipinski definition) is 2. The summed E-state index contributed by atoms with van der Waals surface area (Å²) in [5.74, 6) is -1.47. The van der Waals surface area contributed by atoms with E-state index in [0.717, 1.165) is 22.1 Å². The minimum atomic E-state index is -1.07. The molecule has 0 aliphatic rings. The zero-order valence-electron chi connectivity index (χ0n) is 14.7. The van der Waals surface area contributed by atoms with E-state index in [1.165, 1.54) is 0 Å². The first-order valence-electron chi connectivity index (χ1n) is 8.35. The number of carbonyl (C=O) groups excluding carboxylic acids is 1. The zero-order chi connectivity index (χ0) is 18.7. The summed E-state index contributed by atoms with van der Waals surface area (Å²) in [6.45, 7) is 3.96. The van der Waals surface area contributed by atoms with Crippen molar-refractivity contribution in [2.24, 2.45) is 0 Å². The third-order valence-corrected chi connectivity index (χ3v) is 4.40. The van der Waals surface area contributed by atoms with Crippen LogP contribution in [0.1, 0.15) is 22.4 Å². The molecule has 1 aromatic heterocycles. The van der Waals surface area contributed by atoms with Crippen LogP contribution in [-0.2, 0) is 22.4 Å². The van der Waals surface area contributed by atoms with Gasteiger partial charge in [0.1, 0.15) is 11.7 Å². The lowest BCUT2D eigenvalue weighted by Crippen LogP contribution is -2.43. The first-order valence-corrected chi connectivity index (χ1v) is 8.35. The highest BCUT2D eigenvalue weighted by Gasteiger charge is 2.22. The molecule has 0 bridgehead atoms. The van der Waals surface area contributed by atoms with Crippen molar-refractivity contribution in [2.75, 3.05) is 0 Å². The Morgan fingerprint density at radius 2 is 1.85 bits per heavy atom. The maximum absolute atomic E-state index is 12.4. The van der Waals surface area contributed by atoms with Crippen molar-refractivity contribution >= 4 is 22.8 Å². The van der Waals surface area contributed by atoms with Gasteiger partial charge < -0.3 is 14.9 Å². The quantitative estimate of drug-likeness (QED) is 0.712. The van der Waals surface area contributed by atoms with Crippen LogP contribution in [0.2, 0.25) is 0 Å². The van der Waals surface area contributed by atoms with E-state index in [1.54, 1.807) is 0 Å². The van der Waals surface area contributed by atoms with Gasteiger partial charge >= 0.3 is 5.97 Å². The summed E-state index contributed by atoms with van der Waals surface area (Å²) in [4.78, 5) is 23.8. The van der Waals surface area contributed by atoms with Crippen molar-refractivity contribution in [2.45, 2.75) is 32.7 Å². The Morgan fingerprint density at radius 1 is 1.15 bits per heavy atom. The largest absolute Gasteiger partial charge is 0.480 e. The second-order valence-corrected chi connectivity index (χ2v) is 6.39. The summed E-state index contributed by atoms with van der Waals surface area (Å²) in [5, 5.41) is 16.7. The van der Waals surface area contributed by atoms with Crippen molar-refractivity contribution in [1.82, 2.24) is 10.5 Å².